The van der Waals surface area contributed by atoms with Crippen molar-refractivity contribution in [2.45, 2.75) is 51.2 Å². The van der Waals surface area contributed by atoms with Crippen LogP contribution >= 0.6 is 0 Å². The Hall–Kier alpha value is -1.59. The van der Waals surface area contributed by atoms with E-state index in [-0.39, 0.29) is 12.1 Å². The number of aryl methyl sites for hydroxylation is 1. The van der Waals surface area contributed by atoms with Gasteiger partial charge < -0.3 is 14.8 Å². The van der Waals surface area contributed by atoms with E-state index >= 15 is 0 Å². The summed E-state index contributed by atoms with van der Waals surface area (Å²) >= 11 is 0. The molecule has 0 amide bonds. The first kappa shape index (κ1) is 15.0. The number of aldehydes is 1. The largest absolute Gasteiger partial charge is 0.488 e. The van der Waals surface area contributed by atoms with Crippen LogP contribution < -0.4 is 15.5 Å². The zero-order valence-corrected chi connectivity index (χ0v) is 13.7. The molecular formula is C18H25N3O2. The summed E-state index contributed by atoms with van der Waals surface area (Å²) < 4.78 is 6.27. The summed E-state index contributed by atoms with van der Waals surface area (Å²) in [4.78, 5) is 11.1. The molecule has 0 aliphatic carbocycles. The normalized spacial score (nSPS) is 26.3. The minimum atomic E-state index is 0.0259. The number of ether oxygens (including phenoxy) is 1. The number of nitrogens with one attached hydrogen (secondary N) is 2. The molecule has 4 rings (SSSR count). The average molecular weight is 315 g/mol. The first-order valence-electron chi connectivity index (χ1n) is 8.77. The van der Waals surface area contributed by atoms with E-state index in [0.717, 1.165) is 57.4 Å². The van der Waals surface area contributed by atoms with Crippen LogP contribution in [0.1, 0.15) is 36.0 Å². The van der Waals surface area contributed by atoms with Gasteiger partial charge in [-0.15, -0.1) is 0 Å². The van der Waals surface area contributed by atoms with Gasteiger partial charge in [0, 0.05) is 37.3 Å². The smallest absolute Gasteiger partial charge is 0.138 e. The van der Waals surface area contributed by atoms with Crippen LogP contribution in [0.25, 0.3) is 0 Å². The second kappa shape index (κ2) is 6.13. The molecule has 2 atom stereocenters. The van der Waals surface area contributed by atoms with Crippen molar-refractivity contribution in [2.24, 2.45) is 0 Å². The van der Waals surface area contributed by atoms with Crippen molar-refractivity contribution >= 4 is 12.0 Å². The average Bonchev–Trinajstić information content (AvgIpc) is 3.19. The van der Waals surface area contributed by atoms with Crippen LogP contribution in [0.5, 0.6) is 5.75 Å². The van der Waals surface area contributed by atoms with Crippen molar-refractivity contribution in [1.29, 1.82) is 0 Å². The van der Waals surface area contributed by atoms with Crippen molar-refractivity contribution in [3.05, 3.63) is 22.8 Å². The summed E-state index contributed by atoms with van der Waals surface area (Å²) in [6.07, 6.45) is 6.48. The fourth-order valence-corrected chi connectivity index (χ4v) is 4.12. The Labute approximate surface area is 137 Å². The van der Waals surface area contributed by atoms with Gasteiger partial charge >= 0.3 is 0 Å². The molecule has 5 heteroatoms. The molecule has 23 heavy (non-hydrogen) atoms. The lowest BCUT2D eigenvalue weighted by atomic mass is 9.95. The molecule has 1 saturated heterocycles. The van der Waals surface area contributed by atoms with Crippen molar-refractivity contribution in [3.8, 4) is 5.75 Å². The summed E-state index contributed by atoms with van der Waals surface area (Å²) in [5.74, 6) is 1.11. The summed E-state index contributed by atoms with van der Waals surface area (Å²) in [6.45, 7) is 4.95. The van der Waals surface area contributed by atoms with Gasteiger partial charge in [0.05, 0.1) is 6.04 Å². The van der Waals surface area contributed by atoms with E-state index in [1.165, 1.54) is 28.8 Å². The highest BCUT2D eigenvalue weighted by atomic mass is 16.5. The Bertz CT molecular complexity index is 617. The molecule has 3 aliphatic heterocycles. The molecular weight excluding hydrogens is 290 g/mol. The van der Waals surface area contributed by atoms with Crippen LogP contribution in [0.15, 0.2) is 6.07 Å². The van der Waals surface area contributed by atoms with Crippen LogP contribution in [-0.2, 0) is 17.6 Å². The van der Waals surface area contributed by atoms with Gasteiger partial charge in [0.25, 0.3) is 0 Å². The van der Waals surface area contributed by atoms with E-state index in [4.69, 9.17) is 4.74 Å². The Morgan fingerprint density at radius 1 is 1.48 bits per heavy atom. The Morgan fingerprint density at radius 2 is 2.39 bits per heavy atom. The van der Waals surface area contributed by atoms with E-state index in [0.29, 0.717) is 0 Å². The predicted molar refractivity (Wildman–Crippen MR) is 89.9 cm³/mol. The second-order valence-electron chi connectivity index (χ2n) is 6.91. The Balaban J connectivity index is 1.45. The van der Waals surface area contributed by atoms with Gasteiger partial charge in [0.2, 0.25) is 0 Å². The molecule has 5 nitrogen and oxygen atoms in total. The first-order valence-corrected chi connectivity index (χ1v) is 8.77. The Kier molecular flexibility index (Phi) is 3.99. The van der Waals surface area contributed by atoms with Crippen LogP contribution in [-0.4, -0.2) is 43.1 Å². The second-order valence-corrected chi connectivity index (χ2v) is 6.91. The summed E-state index contributed by atoms with van der Waals surface area (Å²) in [5, 5.41) is 5.59. The maximum absolute atomic E-state index is 11.1. The van der Waals surface area contributed by atoms with Gasteiger partial charge in [-0.05, 0) is 43.7 Å². The van der Waals surface area contributed by atoms with Gasteiger partial charge in [-0.2, -0.15) is 0 Å². The molecule has 0 aromatic heterocycles. The molecule has 0 saturated carbocycles. The molecule has 1 fully saturated rings. The lowest BCUT2D eigenvalue weighted by Gasteiger charge is -2.24. The summed E-state index contributed by atoms with van der Waals surface area (Å²) in [6, 6.07) is 2.30. The third-order valence-electron chi connectivity index (χ3n) is 5.27. The van der Waals surface area contributed by atoms with Crippen molar-refractivity contribution in [2.75, 3.05) is 25.0 Å². The van der Waals surface area contributed by atoms with E-state index in [1.54, 1.807) is 0 Å². The maximum atomic E-state index is 11.1. The van der Waals surface area contributed by atoms with Crippen molar-refractivity contribution in [3.63, 3.8) is 0 Å². The van der Waals surface area contributed by atoms with Gasteiger partial charge in [0.1, 0.15) is 18.1 Å². The summed E-state index contributed by atoms with van der Waals surface area (Å²) in [7, 11) is 0. The van der Waals surface area contributed by atoms with Gasteiger partial charge in [-0.25, -0.2) is 5.01 Å². The van der Waals surface area contributed by atoms with Crippen LogP contribution in [0.4, 0.5) is 5.69 Å². The molecule has 1 aromatic carbocycles. The summed E-state index contributed by atoms with van der Waals surface area (Å²) in [5.41, 5.74) is 8.73. The molecule has 2 N–H and O–H groups in total. The number of hydrogen-bond donors (Lipinski definition) is 2. The molecule has 0 bridgehead atoms. The lowest BCUT2D eigenvalue weighted by molar-refractivity contribution is -0.112. The fourth-order valence-electron chi connectivity index (χ4n) is 4.12. The minimum absolute atomic E-state index is 0.0259. The monoisotopic (exact) mass is 315 g/mol. The number of carbonyl (C=O) groups is 1. The highest BCUT2D eigenvalue weighted by Crippen LogP contribution is 2.41. The van der Waals surface area contributed by atoms with Gasteiger partial charge in [-0.3, -0.25) is 5.43 Å². The lowest BCUT2D eigenvalue weighted by Crippen LogP contribution is -2.46. The number of fused-ring (bicyclic) bond motifs is 3. The van der Waals surface area contributed by atoms with E-state index in [9.17, 15) is 4.79 Å². The standard InChI is InChI=1S/C18H25N3O2/c1-12-8-13-9-15(10-20-21-7-3-4-14(21)11-22)23-18(13)16-5-2-6-19-17(12)16/h8,11,14-15,19-20H,2-7,9-10H2,1H3/t14-,15?/m1/s1. The van der Waals surface area contributed by atoms with Crippen LogP contribution in [0.3, 0.4) is 0 Å². The van der Waals surface area contributed by atoms with Gasteiger partial charge in [0.15, 0.2) is 0 Å². The molecule has 1 aromatic rings. The third kappa shape index (κ3) is 2.72. The van der Waals surface area contributed by atoms with Crippen molar-refractivity contribution < 1.29 is 9.53 Å². The zero-order chi connectivity index (χ0) is 15.8. The Morgan fingerprint density at radius 3 is 3.26 bits per heavy atom. The minimum Gasteiger partial charge on any atom is -0.488 e. The highest BCUT2D eigenvalue weighted by Gasteiger charge is 2.30. The number of rotatable bonds is 4. The van der Waals surface area contributed by atoms with Crippen LogP contribution in [0.2, 0.25) is 0 Å². The van der Waals surface area contributed by atoms with E-state index in [1.807, 2.05) is 0 Å². The number of benzene rings is 1. The van der Waals surface area contributed by atoms with Gasteiger partial charge in [-0.1, -0.05) is 6.07 Å². The first-order chi connectivity index (χ1) is 11.3. The molecule has 1 unspecified atom stereocenters. The zero-order valence-electron chi connectivity index (χ0n) is 13.7. The predicted octanol–water partition coefficient (Wildman–Crippen LogP) is 1.82. The fraction of sp³-hybridized carbons (Fsp3) is 0.611. The quantitative estimate of drug-likeness (QED) is 0.830. The van der Waals surface area contributed by atoms with E-state index in [2.05, 4.69) is 28.7 Å². The number of anilines is 1. The molecule has 3 aliphatic rings. The SMILES string of the molecule is Cc1cc2c(c3c1NCCC3)OC(CNN1CCC[C@@H]1C=O)C2. The molecule has 0 radical (unpaired) electrons. The van der Waals surface area contributed by atoms with Crippen molar-refractivity contribution in [1.82, 2.24) is 10.4 Å². The van der Waals surface area contributed by atoms with E-state index < -0.39 is 0 Å². The molecule has 3 heterocycles. The number of carbonyl (C=O) groups excluding carboxylic acids is 1. The number of nitrogens with zero attached hydrogens (tertiary/aromatic N) is 1. The topological polar surface area (TPSA) is 53.6 Å². The molecule has 124 valence electrons. The highest BCUT2D eigenvalue weighted by molar-refractivity contribution is 5.67. The number of hydrazine groups is 1. The number of hydrogen-bond acceptors (Lipinski definition) is 5. The third-order valence-corrected chi connectivity index (χ3v) is 5.27. The van der Waals surface area contributed by atoms with Crippen LogP contribution in [0, 0.1) is 6.92 Å². The maximum Gasteiger partial charge on any atom is 0.138 e. The molecule has 0 spiro atoms.